The van der Waals surface area contributed by atoms with Gasteiger partial charge in [0.2, 0.25) is 17.7 Å². The van der Waals surface area contributed by atoms with E-state index in [1.54, 1.807) is 18.7 Å². The molecule has 10 heteroatoms. The predicted molar refractivity (Wildman–Crippen MR) is 112 cm³/mol. The molecule has 6 unspecified atom stereocenters. The van der Waals surface area contributed by atoms with Crippen molar-refractivity contribution in [2.75, 3.05) is 13.2 Å². The van der Waals surface area contributed by atoms with Gasteiger partial charge in [-0.15, -0.1) is 11.8 Å². The summed E-state index contributed by atoms with van der Waals surface area (Å²) in [5.41, 5.74) is 0. The molecule has 0 radical (unpaired) electrons. The van der Waals surface area contributed by atoms with Gasteiger partial charge in [0.1, 0.15) is 0 Å². The highest BCUT2D eigenvalue weighted by Crippen LogP contribution is 2.49. The fourth-order valence-corrected chi connectivity index (χ4v) is 6.64. The van der Waals surface area contributed by atoms with Crippen molar-refractivity contribution in [3.63, 3.8) is 0 Å². The van der Waals surface area contributed by atoms with Crippen LogP contribution in [-0.2, 0) is 19.1 Å². The Morgan fingerprint density at radius 1 is 1.07 bits per heavy atom. The first-order valence-corrected chi connectivity index (χ1v) is 11.8. The fourth-order valence-electron chi connectivity index (χ4n) is 4.78. The number of amides is 4. The summed E-state index contributed by atoms with van der Waals surface area (Å²) in [6, 6.07) is 0. The molecule has 0 aromatic carbocycles. The average molecular weight is 441 g/mol. The van der Waals surface area contributed by atoms with Crippen LogP contribution >= 0.6 is 11.8 Å². The van der Waals surface area contributed by atoms with Crippen LogP contribution in [0.15, 0.2) is 0 Å². The van der Waals surface area contributed by atoms with Crippen molar-refractivity contribution in [3.8, 4) is 0 Å². The fraction of sp³-hybridized carbons (Fsp3) is 0.800. The second-order valence-corrected chi connectivity index (χ2v) is 9.60. The second kappa shape index (κ2) is 10.5. The van der Waals surface area contributed by atoms with Crippen LogP contribution in [-0.4, -0.2) is 53.8 Å². The smallest absolute Gasteiger partial charge is 0.413 e. The molecule has 2 saturated heterocycles. The molecule has 168 valence electrons. The van der Waals surface area contributed by atoms with E-state index in [9.17, 15) is 19.2 Å². The zero-order chi connectivity index (χ0) is 21.7. The zero-order valence-electron chi connectivity index (χ0n) is 17.6. The van der Waals surface area contributed by atoms with E-state index in [0.29, 0.717) is 24.6 Å². The maximum absolute atomic E-state index is 13.0. The van der Waals surface area contributed by atoms with E-state index in [2.05, 4.69) is 21.3 Å². The first kappa shape index (κ1) is 22.9. The van der Waals surface area contributed by atoms with E-state index >= 15 is 0 Å². The third kappa shape index (κ3) is 5.66. The number of carbonyl (C=O) groups excluding carboxylic acids is 4. The van der Waals surface area contributed by atoms with Gasteiger partial charge in [-0.2, -0.15) is 0 Å². The summed E-state index contributed by atoms with van der Waals surface area (Å²) >= 11 is 1.64. The molecule has 0 spiro atoms. The van der Waals surface area contributed by atoms with Crippen molar-refractivity contribution in [1.82, 2.24) is 21.3 Å². The van der Waals surface area contributed by atoms with Crippen molar-refractivity contribution in [2.45, 2.75) is 69.2 Å². The Morgan fingerprint density at radius 2 is 1.83 bits per heavy atom. The molecule has 2 aliphatic heterocycles. The van der Waals surface area contributed by atoms with E-state index in [1.165, 1.54) is 6.92 Å². The van der Waals surface area contributed by atoms with Crippen LogP contribution in [0.3, 0.4) is 0 Å². The third-order valence-electron chi connectivity index (χ3n) is 6.10. The summed E-state index contributed by atoms with van der Waals surface area (Å²) in [6.07, 6.45) is 4.32. The summed E-state index contributed by atoms with van der Waals surface area (Å²) in [4.78, 5) is 49.0. The molecule has 4 amide bonds. The summed E-state index contributed by atoms with van der Waals surface area (Å²) < 4.78 is 4.86. The first-order valence-electron chi connectivity index (χ1n) is 10.8. The standard InChI is InChI=1S/C20H32N4O5S/c1-3-29-20(28)24-18(27)16-13-6-4-5-7-14(13)30-19(16)23-17(26)12-8-9-21-15(10-12)22-11(2)25/h12-16,19,21H,3-10H2,1-2H3,(H,22,25)(H,23,26)(H,24,27,28). The molecule has 2 heterocycles. The van der Waals surface area contributed by atoms with Gasteiger partial charge >= 0.3 is 6.09 Å². The van der Waals surface area contributed by atoms with Gasteiger partial charge in [0, 0.05) is 18.1 Å². The highest BCUT2D eigenvalue weighted by molar-refractivity contribution is 8.00. The van der Waals surface area contributed by atoms with Gasteiger partial charge < -0.3 is 15.4 Å². The topological polar surface area (TPSA) is 126 Å². The minimum absolute atomic E-state index is 0.100. The van der Waals surface area contributed by atoms with Gasteiger partial charge in [-0.1, -0.05) is 12.8 Å². The number of piperidine rings is 1. The molecule has 9 nitrogen and oxygen atoms in total. The summed E-state index contributed by atoms with van der Waals surface area (Å²) in [5, 5.41) is 11.4. The highest BCUT2D eigenvalue weighted by Gasteiger charge is 2.49. The molecular weight excluding hydrogens is 408 g/mol. The van der Waals surface area contributed by atoms with E-state index < -0.39 is 12.0 Å². The summed E-state index contributed by atoms with van der Waals surface area (Å²) in [6.45, 7) is 3.97. The quantitative estimate of drug-likeness (QED) is 0.504. The van der Waals surface area contributed by atoms with E-state index in [0.717, 1.165) is 25.7 Å². The lowest BCUT2D eigenvalue weighted by molar-refractivity contribution is -0.129. The Morgan fingerprint density at radius 3 is 2.57 bits per heavy atom. The van der Waals surface area contributed by atoms with Gasteiger partial charge in [-0.25, -0.2) is 4.79 Å². The average Bonchev–Trinajstić information content (AvgIpc) is 3.05. The van der Waals surface area contributed by atoms with Crippen LogP contribution in [0.1, 0.15) is 52.4 Å². The van der Waals surface area contributed by atoms with E-state index in [1.807, 2.05) is 0 Å². The van der Waals surface area contributed by atoms with Gasteiger partial charge in [0.05, 0.1) is 24.1 Å². The number of fused-ring (bicyclic) bond motifs is 1. The van der Waals surface area contributed by atoms with Gasteiger partial charge in [0.25, 0.3) is 0 Å². The maximum atomic E-state index is 13.0. The van der Waals surface area contributed by atoms with Crippen LogP contribution in [0.25, 0.3) is 0 Å². The molecule has 1 aliphatic carbocycles. The Balaban J connectivity index is 1.65. The molecular formula is C20H32N4O5S. The van der Waals surface area contributed by atoms with Crippen molar-refractivity contribution < 1.29 is 23.9 Å². The number of rotatable bonds is 5. The summed E-state index contributed by atoms with van der Waals surface area (Å²) in [5.74, 6) is -1.16. The molecule has 0 aromatic rings. The Hall–Kier alpha value is -1.81. The summed E-state index contributed by atoms with van der Waals surface area (Å²) in [7, 11) is 0. The molecule has 1 saturated carbocycles. The minimum atomic E-state index is -0.742. The van der Waals surface area contributed by atoms with Crippen molar-refractivity contribution in [2.24, 2.45) is 17.8 Å². The number of nitrogens with one attached hydrogen (secondary N) is 4. The van der Waals surface area contributed by atoms with Gasteiger partial charge in [-0.3, -0.25) is 25.0 Å². The van der Waals surface area contributed by atoms with Gasteiger partial charge in [-0.05, 0) is 45.1 Å². The number of carbonyl (C=O) groups is 4. The number of imide groups is 1. The van der Waals surface area contributed by atoms with Crippen molar-refractivity contribution in [1.29, 1.82) is 0 Å². The number of hydrogen-bond donors (Lipinski definition) is 4. The highest BCUT2D eigenvalue weighted by atomic mass is 32.2. The molecule has 3 rings (SSSR count). The van der Waals surface area contributed by atoms with Crippen LogP contribution in [0.5, 0.6) is 0 Å². The number of hydrogen-bond acceptors (Lipinski definition) is 7. The Kier molecular flexibility index (Phi) is 7.99. The van der Waals surface area contributed by atoms with Crippen LogP contribution < -0.4 is 21.3 Å². The number of alkyl carbamates (subject to hydrolysis) is 1. The van der Waals surface area contributed by atoms with Crippen molar-refractivity contribution in [3.05, 3.63) is 0 Å². The molecule has 0 aromatic heterocycles. The molecule has 3 fully saturated rings. The van der Waals surface area contributed by atoms with Crippen LogP contribution in [0.4, 0.5) is 4.79 Å². The van der Waals surface area contributed by atoms with Gasteiger partial charge in [0.15, 0.2) is 0 Å². The molecule has 0 bridgehead atoms. The molecule has 3 aliphatic rings. The molecule has 4 N–H and O–H groups in total. The lowest BCUT2D eigenvalue weighted by Crippen LogP contribution is -2.53. The van der Waals surface area contributed by atoms with E-state index in [4.69, 9.17) is 4.74 Å². The maximum Gasteiger partial charge on any atom is 0.413 e. The second-order valence-electron chi connectivity index (χ2n) is 8.22. The monoisotopic (exact) mass is 440 g/mol. The Labute approximate surface area is 181 Å². The van der Waals surface area contributed by atoms with Crippen LogP contribution in [0.2, 0.25) is 0 Å². The third-order valence-corrected chi connectivity index (χ3v) is 7.74. The normalized spacial score (nSPS) is 33.1. The number of ether oxygens (including phenoxy) is 1. The van der Waals surface area contributed by atoms with Crippen molar-refractivity contribution >= 4 is 35.6 Å². The van der Waals surface area contributed by atoms with E-state index in [-0.39, 0.29) is 47.7 Å². The lowest BCUT2D eigenvalue weighted by Gasteiger charge is -2.31. The molecule has 30 heavy (non-hydrogen) atoms. The van der Waals surface area contributed by atoms with Crippen LogP contribution in [0, 0.1) is 17.8 Å². The minimum Gasteiger partial charge on any atom is -0.450 e. The largest absolute Gasteiger partial charge is 0.450 e. The zero-order valence-corrected chi connectivity index (χ0v) is 18.4. The Bertz CT molecular complexity index is 676. The molecule has 6 atom stereocenters. The predicted octanol–water partition coefficient (Wildman–Crippen LogP) is 1.09. The SMILES string of the molecule is CCOC(=O)NC(=O)C1C(NC(=O)C2CCNC(NC(C)=O)C2)SC2CCCCC21. The lowest BCUT2D eigenvalue weighted by atomic mass is 9.79. The first-order chi connectivity index (χ1) is 14.4. The number of thioether (sulfide) groups is 1.